The van der Waals surface area contributed by atoms with E-state index in [0.29, 0.717) is 23.5 Å². The number of hydrazine groups is 1. The molecule has 1 aromatic carbocycles. The normalized spacial score (nSPS) is 15.3. The molecule has 0 bridgehead atoms. The lowest BCUT2D eigenvalue weighted by atomic mass is 9.76. The Hall–Kier alpha value is -2.22. The zero-order valence-corrected chi connectivity index (χ0v) is 16.6. The largest absolute Gasteiger partial charge is 0.478 e. The van der Waals surface area contributed by atoms with Crippen molar-refractivity contribution in [1.82, 2.24) is 5.43 Å². The number of nitrogens with one attached hydrogen (secondary N) is 2. The molecular weight excluding hydrogens is 362 g/mol. The summed E-state index contributed by atoms with van der Waals surface area (Å²) in [6, 6.07) is 5.56. The fourth-order valence-corrected chi connectivity index (χ4v) is 4.77. The van der Waals surface area contributed by atoms with Crippen LogP contribution in [0.2, 0.25) is 0 Å². The molecule has 144 valence electrons. The monoisotopic (exact) mass is 387 g/mol. The van der Waals surface area contributed by atoms with Crippen molar-refractivity contribution in [3.8, 4) is 0 Å². The predicted molar refractivity (Wildman–Crippen MR) is 107 cm³/mol. The number of aromatic carboxylic acids is 1. The summed E-state index contributed by atoms with van der Waals surface area (Å²) in [7, 11) is 0. The van der Waals surface area contributed by atoms with Gasteiger partial charge in [0.2, 0.25) is 0 Å². The number of rotatable bonds is 5. The lowest BCUT2D eigenvalue weighted by Crippen LogP contribution is -2.24. The maximum Gasteiger partial charge on any atom is 0.339 e. The Kier molecular flexibility index (Phi) is 5.37. The second-order valence-electron chi connectivity index (χ2n) is 7.85. The summed E-state index contributed by atoms with van der Waals surface area (Å²) >= 11 is 1.38. The minimum absolute atomic E-state index is 0.0655. The van der Waals surface area contributed by atoms with Gasteiger partial charge in [0.05, 0.1) is 5.56 Å². The van der Waals surface area contributed by atoms with Crippen molar-refractivity contribution in [1.29, 1.82) is 0 Å². The number of benzene rings is 1. The highest BCUT2D eigenvalue weighted by molar-refractivity contribution is 7.17. The zero-order valence-electron chi connectivity index (χ0n) is 15.8. The van der Waals surface area contributed by atoms with Crippen LogP contribution in [0.4, 0.5) is 5.00 Å². The van der Waals surface area contributed by atoms with Crippen LogP contribution in [0.5, 0.6) is 0 Å². The first-order valence-corrected chi connectivity index (χ1v) is 9.75. The molecule has 2 aromatic rings. The summed E-state index contributed by atoms with van der Waals surface area (Å²) in [5.41, 5.74) is 5.95. The third-order valence-electron chi connectivity index (χ3n) is 5.02. The van der Waals surface area contributed by atoms with Crippen molar-refractivity contribution < 1.29 is 14.7 Å². The quantitative estimate of drug-likeness (QED) is 0.464. The van der Waals surface area contributed by atoms with Crippen LogP contribution >= 0.6 is 11.3 Å². The number of carboxylic acids is 1. The van der Waals surface area contributed by atoms with E-state index >= 15 is 0 Å². The molecule has 27 heavy (non-hydrogen) atoms. The van der Waals surface area contributed by atoms with Gasteiger partial charge in [0.1, 0.15) is 5.00 Å². The second-order valence-corrected chi connectivity index (χ2v) is 8.95. The van der Waals surface area contributed by atoms with Crippen molar-refractivity contribution >= 4 is 28.2 Å². The summed E-state index contributed by atoms with van der Waals surface area (Å²) in [5, 5.41) is 13.0. The van der Waals surface area contributed by atoms with Crippen molar-refractivity contribution in [2.45, 2.75) is 46.6 Å². The van der Waals surface area contributed by atoms with E-state index in [9.17, 15) is 14.7 Å². The van der Waals surface area contributed by atoms with Gasteiger partial charge in [-0.3, -0.25) is 16.1 Å². The van der Waals surface area contributed by atoms with Crippen LogP contribution in [0, 0.1) is 12.3 Å². The van der Waals surface area contributed by atoms with Gasteiger partial charge in [0.25, 0.3) is 5.91 Å². The number of carbonyl (C=O) groups is 2. The molecule has 0 atom stereocenters. The highest BCUT2D eigenvalue weighted by Gasteiger charge is 2.33. The molecule has 7 heteroatoms. The number of hydrogen-bond acceptors (Lipinski definition) is 5. The number of carboxylic acid groups (broad SMARTS) is 1. The summed E-state index contributed by atoms with van der Waals surface area (Å²) < 4.78 is 0. The van der Waals surface area contributed by atoms with Gasteiger partial charge in [-0.15, -0.1) is 11.3 Å². The minimum Gasteiger partial charge on any atom is -0.478 e. The Morgan fingerprint density at radius 1 is 1.33 bits per heavy atom. The molecule has 1 heterocycles. The molecule has 5 N–H and O–H groups in total. The molecule has 1 amide bonds. The van der Waals surface area contributed by atoms with E-state index in [1.807, 2.05) is 19.1 Å². The van der Waals surface area contributed by atoms with Gasteiger partial charge >= 0.3 is 5.97 Å². The molecule has 6 nitrogen and oxygen atoms in total. The molecule has 1 aliphatic carbocycles. The SMILES string of the molecule is Cc1ccc(CNN)c(C(=O)Nc2sc3c(c2C(=O)O)CC(C)(C)CC3)c1. The average Bonchev–Trinajstić information content (AvgIpc) is 2.92. The lowest BCUT2D eigenvalue weighted by Gasteiger charge is -2.29. The fraction of sp³-hybridized carbons (Fsp3) is 0.400. The number of anilines is 1. The van der Waals surface area contributed by atoms with E-state index < -0.39 is 5.97 Å². The first kappa shape index (κ1) is 19.5. The molecule has 0 aliphatic heterocycles. The molecule has 0 unspecified atom stereocenters. The van der Waals surface area contributed by atoms with E-state index in [1.165, 1.54) is 11.3 Å². The summed E-state index contributed by atoms with van der Waals surface area (Å²) in [6.45, 7) is 6.56. The van der Waals surface area contributed by atoms with Gasteiger partial charge < -0.3 is 10.4 Å². The Morgan fingerprint density at radius 2 is 2.07 bits per heavy atom. The summed E-state index contributed by atoms with van der Waals surface area (Å²) in [4.78, 5) is 25.9. The van der Waals surface area contributed by atoms with Gasteiger partial charge in [-0.1, -0.05) is 31.5 Å². The Labute approximate surface area is 162 Å². The molecule has 1 aromatic heterocycles. The first-order chi connectivity index (χ1) is 12.7. The molecule has 3 rings (SSSR count). The van der Waals surface area contributed by atoms with Crippen molar-refractivity contribution in [2.24, 2.45) is 11.3 Å². The standard InChI is InChI=1S/C20H25N3O3S/c1-11-4-5-12(10-22-21)13(8-11)17(24)23-18-16(19(25)26)14-9-20(2,3)7-6-15(14)27-18/h4-5,8,22H,6-7,9-10,21H2,1-3H3,(H,23,24)(H,25,26). The number of carbonyl (C=O) groups excluding carboxylic acids is 1. The van der Waals surface area contributed by atoms with Crippen molar-refractivity contribution in [3.05, 3.63) is 50.9 Å². The Balaban J connectivity index is 1.97. The van der Waals surface area contributed by atoms with Crippen LogP contribution in [0.1, 0.15) is 62.6 Å². The second kappa shape index (κ2) is 7.42. The van der Waals surface area contributed by atoms with Crippen LogP contribution < -0.4 is 16.6 Å². The maximum absolute atomic E-state index is 12.9. The van der Waals surface area contributed by atoms with Crippen LogP contribution in [0.15, 0.2) is 18.2 Å². The number of hydrogen-bond donors (Lipinski definition) is 4. The average molecular weight is 388 g/mol. The van der Waals surface area contributed by atoms with Gasteiger partial charge in [-0.2, -0.15) is 0 Å². The Morgan fingerprint density at radius 3 is 2.74 bits per heavy atom. The molecule has 0 radical (unpaired) electrons. The number of nitrogens with two attached hydrogens (primary N) is 1. The van der Waals surface area contributed by atoms with Gasteiger partial charge in [-0.05, 0) is 48.8 Å². The summed E-state index contributed by atoms with van der Waals surface area (Å²) in [6.07, 6.45) is 2.57. The molecule has 0 saturated heterocycles. The van der Waals surface area contributed by atoms with E-state index in [0.717, 1.165) is 34.4 Å². The Bertz CT molecular complexity index is 902. The maximum atomic E-state index is 12.9. The third kappa shape index (κ3) is 4.05. The first-order valence-electron chi connectivity index (χ1n) is 8.94. The molecule has 0 spiro atoms. The van der Waals surface area contributed by atoms with Crippen LogP contribution in [0.25, 0.3) is 0 Å². The highest BCUT2D eigenvalue weighted by atomic mass is 32.1. The topological polar surface area (TPSA) is 104 Å². The van der Waals surface area contributed by atoms with E-state index in [-0.39, 0.29) is 16.9 Å². The third-order valence-corrected chi connectivity index (χ3v) is 6.23. The van der Waals surface area contributed by atoms with Crippen molar-refractivity contribution in [3.63, 3.8) is 0 Å². The van der Waals surface area contributed by atoms with E-state index in [1.54, 1.807) is 6.07 Å². The molecule has 0 saturated carbocycles. The number of fused-ring (bicyclic) bond motifs is 1. The van der Waals surface area contributed by atoms with Crippen LogP contribution in [-0.2, 0) is 19.4 Å². The fourth-order valence-electron chi connectivity index (χ4n) is 3.57. The van der Waals surface area contributed by atoms with E-state index in [4.69, 9.17) is 5.84 Å². The number of aryl methyl sites for hydroxylation is 2. The van der Waals surface area contributed by atoms with E-state index in [2.05, 4.69) is 24.6 Å². The lowest BCUT2D eigenvalue weighted by molar-refractivity contribution is 0.0696. The van der Waals surface area contributed by atoms with Crippen LogP contribution in [-0.4, -0.2) is 17.0 Å². The van der Waals surface area contributed by atoms with Gasteiger partial charge in [-0.25, -0.2) is 4.79 Å². The predicted octanol–water partition coefficient (Wildman–Crippen LogP) is 3.49. The van der Waals surface area contributed by atoms with Crippen molar-refractivity contribution in [2.75, 3.05) is 5.32 Å². The van der Waals surface area contributed by atoms with Crippen LogP contribution in [0.3, 0.4) is 0 Å². The smallest absolute Gasteiger partial charge is 0.339 e. The molecule has 0 fully saturated rings. The van der Waals surface area contributed by atoms with Gasteiger partial charge in [0.15, 0.2) is 0 Å². The highest BCUT2D eigenvalue weighted by Crippen LogP contribution is 2.43. The zero-order chi connectivity index (χ0) is 19.8. The summed E-state index contributed by atoms with van der Waals surface area (Å²) in [5.74, 6) is 4.11. The number of thiophene rings is 1. The minimum atomic E-state index is -0.992. The van der Waals surface area contributed by atoms with Gasteiger partial charge in [0, 0.05) is 17.0 Å². The molecular formula is C20H25N3O3S. The number of amides is 1. The molecule has 1 aliphatic rings.